The molecule has 1 aliphatic rings. The highest BCUT2D eigenvalue weighted by molar-refractivity contribution is 6.19. The van der Waals surface area contributed by atoms with Crippen LogP contribution in [0.3, 0.4) is 0 Å². The summed E-state index contributed by atoms with van der Waals surface area (Å²) in [5.74, 6) is 0.934. The van der Waals surface area contributed by atoms with Gasteiger partial charge in [0.1, 0.15) is 11.5 Å². The quantitative estimate of drug-likeness (QED) is 0.803. The molecule has 0 spiro atoms. The summed E-state index contributed by atoms with van der Waals surface area (Å²) in [4.78, 5) is 12.3. The van der Waals surface area contributed by atoms with E-state index in [-0.39, 0.29) is 18.4 Å². The zero-order valence-corrected chi connectivity index (χ0v) is 13.1. The second kappa shape index (κ2) is 6.36. The molecule has 0 saturated heterocycles. The van der Waals surface area contributed by atoms with Gasteiger partial charge in [-0.3, -0.25) is 4.79 Å². The summed E-state index contributed by atoms with van der Waals surface area (Å²) in [6, 6.07) is 11.7. The van der Waals surface area contributed by atoms with Crippen LogP contribution < -0.4 is 0 Å². The van der Waals surface area contributed by atoms with E-state index in [9.17, 15) is 4.79 Å². The highest BCUT2D eigenvalue weighted by atomic mass is 35.5. The highest BCUT2D eigenvalue weighted by Crippen LogP contribution is 2.33. The summed E-state index contributed by atoms with van der Waals surface area (Å²) in [6.45, 7) is 2.04. The topological polar surface area (TPSA) is 45.8 Å². The van der Waals surface area contributed by atoms with E-state index in [1.54, 1.807) is 11.3 Å². The maximum absolute atomic E-state index is 12.3. The number of hydrazone groups is 1. The molecule has 0 aliphatic carbocycles. The molecule has 22 heavy (non-hydrogen) atoms. The molecule has 2 aromatic rings. The van der Waals surface area contributed by atoms with Crippen LogP contribution in [0.5, 0.6) is 0 Å². The van der Waals surface area contributed by atoms with Crippen LogP contribution >= 0.6 is 11.6 Å². The Morgan fingerprint density at radius 1 is 1.41 bits per heavy atom. The molecule has 0 saturated carbocycles. The van der Waals surface area contributed by atoms with Crippen molar-refractivity contribution >= 4 is 23.2 Å². The Morgan fingerprint density at radius 3 is 2.95 bits per heavy atom. The smallest absolute Gasteiger partial charge is 0.244 e. The van der Waals surface area contributed by atoms with E-state index in [2.05, 4.69) is 11.2 Å². The van der Waals surface area contributed by atoms with Crippen molar-refractivity contribution in [1.82, 2.24) is 5.01 Å². The first kappa shape index (κ1) is 14.9. The first-order chi connectivity index (χ1) is 10.7. The zero-order chi connectivity index (χ0) is 15.5. The van der Waals surface area contributed by atoms with Gasteiger partial charge in [-0.15, -0.1) is 11.6 Å². The van der Waals surface area contributed by atoms with Gasteiger partial charge >= 0.3 is 0 Å². The maximum Gasteiger partial charge on any atom is 0.244 e. The molecule has 0 fully saturated rings. The Morgan fingerprint density at radius 2 is 2.27 bits per heavy atom. The minimum absolute atomic E-state index is 0.0666. The Labute approximate surface area is 134 Å². The number of rotatable bonds is 4. The van der Waals surface area contributed by atoms with E-state index in [1.807, 2.05) is 37.3 Å². The molecule has 1 aromatic heterocycles. The number of hydrogen-bond donors (Lipinski definition) is 0. The van der Waals surface area contributed by atoms with Gasteiger partial charge in [0.2, 0.25) is 5.91 Å². The zero-order valence-electron chi connectivity index (χ0n) is 12.3. The van der Waals surface area contributed by atoms with Crippen molar-refractivity contribution in [2.24, 2.45) is 5.10 Å². The Balaban J connectivity index is 1.93. The molecule has 0 N–H and O–H groups in total. The van der Waals surface area contributed by atoms with Crippen LogP contribution in [0.2, 0.25) is 0 Å². The second-order valence-electron chi connectivity index (χ2n) is 5.34. The van der Waals surface area contributed by atoms with Crippen molar-refractivity contribution < 1.29 is 9.21 Å². The molecule has 1 aliphatic heterocycles. The molecule has 3 rings (SSSR count). The summed E-state index contributed by atoms with van der Waals surface area (Å²) in [5, 5.41) is 6.04. The highest BCUT2D eigenvalue weighted by Gasteiger charge is 2.33. The lowest BCUT2D eigenvalue weighted by atomic mass is 9.99. The fourth-order valence-electron chi connectivity index (χ4n) is 2.66. The number of furan rings is 1. The van der Waals surface area contributed by atoms with Gasteiger partial charge in [-0.05, 0) is 24.6 Å². The number of aryl methyl sites for hydroxylation is 1. The Bertz CT molecular complexity index is 694. The SMILES string of the molecule is Cc1cccc([C@H]2CC(c3ccco3)=NN2C(=O)CCCl)c1. The minimum atomic E-state index is -0.101. The second-order valence-corrected chi connectivity index (χ2v) is 5.71. The van der Waals surface area contributed by atoms with Crippen LogP contribution in [0.25, 0.3) is 0 Å². The van der Waals surface area contributed by atoms with E-state index < -0.39 is 0 Å². The molecule has 5 heteroatoms. The van der Waals surface area contributed by atoms with Gasteiger partial charge in [-0.1, -0.05) is 29.8 Å². The lowest BCUT2D eigenvalue weighted by molar-refractivity contribution is -0.132. The van der Waals surface area contributed by atoms with Crippen LogP contribution in [0.4, 0.5) is 0 Å². The van der Waals surface area contributed by atoms with E-state index in [0.717, 1.165) is 16.8 Å². The van der Waals surface area contributed by atoms with Gasteiger partial charge < -0.3 is 4.42 Å². The first-order valence-corrected chi connectivity index (χ1v) is 7.78. The van der Waals surface area contributed by atoms with Crippen molar-refractivity contribution in [1.29, 1.82) is 0 Å². The van der Waals surface area contributed by atoms with E-state index >= 15 is 0 Å². The molecule has 4 nitrogen and oxygen atoms in total. The molecule has 1 aromatic carbocycles. The van der Waals surface area contributed by atoms with Gasteiger partial charge in [0.25, 0.3) is 0 Å². The molecule has 1 atom stereocenters. The number of benzene rings is 1. The predicted molar refractivity (Wildman–Crippen MR) is 86.0 cm³/mol. The number of carbonyl (C=O) groups excluding carboxylic acids is 1. The molecule has 114 valence electrons. The van der Waals surface area contributed by atoms with Gasteiger partial charge in [-0.25, -0.2) is 5.01 Å². The number of hydrogen-bond acceptors (Lipinski definition) is 3. The molecular formula is C17H17ClN2O2. The number of carbonyl (C=O) groups is 1. The van der Waals surface area contributed by atoms with Crippen molar-refractivity contribution in [3.8, 4) is 0 Å². The van der Waals surface area contributed by atoms with E-state index in [0.29, 0.717) is 18.1 Å². The fourth-order valence-corrected chi connectivity index (χ4v) is 2.83. The lowest BCUT2D eigenvalue weighted by Crippen LogP contribution is -2.27. The van der Waals surface area contributed by atoms with Crippen molar-refractivity contribution in [2.45, 2.75) is 25.8 Å². The van der Waals surface area contributed by atoms with E-state index in [4.69, 9.17) is 16.0 Å². The average molecular weight is 317 g/mol. The molecule has 0 bridgehead atoms. The van der Waals surface area contributed by atoms with E-state index in [1.165, 1.54) is 0 Å². The Kier molecular flexibility index (Phi) is 4.29. The number of nitrogens with zero attached hydrogens (tertiary/aromatic N) is 2. The fraction of sp³-hybridized carbons (Fsp3) is 0.294. The van der Waals surface area contributed by atoms with Gasteiger partial charge in [-0.2, -0.15) is 5.10 Å². The predicted octanol–water partition coefficient (Wildman–Crippen LogP) is 3.89. The summed E-state index contributed by atoms with van der Waals surface area (Å²) in [6.07, 6.45) is 2.53. The van der Waals surface area contributed by atoms with Crippen LogP contribution in [-0.4, -0.2) is 22.5 Å². The molecular weight excluding hydrogens is 300 g/mol. The lowest BCUT2D eigenvalue weighted by Gasteiger charge is -2.22. The van der Waals surface area contributed by atoms with Crippen LogP contribution in [0.15, 0.2) is 52.2 Å². The van der Waals surface area contributed by atoms with Gasteiger partial charge in [0.15, 0.2) is 0 Å². The van der Waals surface area contributed by atoms with Gasteiger partial charge in [0, 0.05) is 18.7 Å². The minimum Gasteiger partial charge on any atom is -0.463 e. The standard InChI is InChI=1S/C17H17ClN2O2/c1-12-4-2-5-13(10-12)15-11-14(16-6-3-9-22-16)19-20(15)17(21)7-8-18/h2-6,9-10,15H,7-8,11H2,1H3/t15-/m1/s1. The Hall–Kier alpha value is -2.07. The average Bonchev–Trinajstić information content (AvgIpc) is 3.17. The third-order valence-corrected chi connectivity index (χ3v) is 3.90. The van der Waals surface area contributed by atoms with Crippen molar-refractivity contribution in [2.75, 3.05) is 5.88 Å². The van der Waals surface area contributed by atoms with Crippen molar-refractivity contribution in [3.05, 3.63) is 59.5 Å². The molecule has 0 unspecified atom stereocenters. The molecule has 1 amide bonds. The van der Waals surface area contributed by atoms with Gasteiger partial charge in [0.05, 0.1) is 12.3 Å². The summed E-state index contributed by atoms with van der Waals surface area (Å²) < 4.78 is 5.42. The number of alkyl halides is 1. The summed E-state index contributed by atoms with van der Waals surface area (Å²) >= 11 is 5.72. The van der Waals surface area contributed by atoms with Crippen LogP contribution in [-0.2, 0) is 4.79 Å². The largest absolute Gasteiger partial charge is 0.463 e. The molecule has 2 heterocycles. The monoisotopic (exact) mass is 316 g/mol. The number of amides is 1. The first-order valence-electron chi connectivity index (χ1n) is 7.25. The normalized spacial score (nSPS) is 17.6. The third kappa shape index (κ3) is 2.92. The third-order valence-electron chi connectivity index (χ3n) is 3.71. The van der Waals surface area contributed by atoms with Crippen LogP contribution in [0, 0.1) is 6.92 Å². The molecule has 0 radical (unpaired) electrons. The van der Waals surface area contributed by atoms with Crippen LogP contribution in [0.1, 0.15) is 35.8 Å². The maximum atomic E-state index is 12.3. The van der Waals surface area contributed by atoms with Crippen molar-refractivity contribution in [3.63, 3.8) is 0 Å². The summed E-state index contributed by atoms with van der Waals surface area (Å²) in [7, 11) is 0. The number of halogens is 1. The summed E-state index contributed by atoms with van der Waals surface area (Å²) in [5.41, 5.74) is 3.03.